The second-order valence-electron chi connectivity index (χ2n) is 13.0. The van der Waals surface area contributed by atoms with Gasteiger partial charge < -0.3 is 36.1 Å². The van der Waals surface area contributed by atoms with Crippen LogP contribution in [-0.2, 0) is 30.4 Å². The molecule has 0 saturated carbocycles. The lowest BCUT2D eigenvalue weighted by atomic mass is 9.90. The number of benzene rings is 2. The summed E-state index contributed by atoms with van der Waals surface area (Å²) in [6.45, 7) is 7.96. The number of halogens is 1. The lowest BCUT2D eigenvalue weighted by Crippen LogP contribution is -2.57. The number of ether oxygens (including phenoxy) is 2. The molecule has 5 N–H and O–H groups in total. The van der Waals surface area contributed by atoms with Crippen LogP contribution in [0, 0.1) is 11.7 Å². The van der Waals surface area contributed by atoms with E-state index in [2.05, 4.69) is 16.0 Å². The van der Waals surface area contributed by atoms with Gasteiger partial charge in [0.05, 0.1) is 5.69 Å². The van der Waals surface area contributed by atoms with Crippen molar-refractivity contribution in [2.45, 2.75) is 70.8 Å². The predicted octanol–water partition coefficient (Wildman–Crippen LogP) is 2.70. The zero-order valence-electron chi connectivity index (χ0n) is 28.0. The molecular weight excluding hydrogens is 623 g/mol. The first-order valence-electron chi connectivity index (χ1n) is 16.0. The van der Waals surface area contributed by atoms with Crippen LogP contribution in [0.4, 0.5) is 14.9 Å². The molecule has 48 heavy (non-hydrogen) atoms. The maximum Gasteiger partial charge on any atom is 0.410 e. The molecule has 4 rings (SSSR count). The number of anilines is 1. The van der Waals surface area contributed by atoms with Crippen molar-refractivity contribution in [1.82, 2.24) is 20.4 Å². The summed E-state index contributed by atoms with van der Waals surface area (Å²) in [5, 5.41) is 8.04. The molecule has 1 saturated heterocycles. The van der Waals surface area contributed by atoms with Crippen molar-refractivity contribution in [3.05, 3.63) is 65.0 Å². The molecule has 14 heteroatoms. The average molecular weight is 669 g/mol. The Labute approximate surface area is 279 Å². The molecule has 1 unspecified atom stereocenters. The highest BCUT2D eigenvalue weighted by Gasteiger charge is 2.44. The van der Waals surface area contributed by atoms with E-state index in [0.29, 0.717) is 31.6 Å². The highest BCUT2D eigenvalue weighted by Crippen LogP contribution is 2.36. The molecule has 2 heterocycles. The van der Waals surface area contributed by atoms with Crippen LogP contribution in [0.3, 0.4) is 0 Å². The van der Waals surface area contributed by atoms with Gasteiger partial charge >= 0.3 is 6.09 Å². The number of rotatable bonds is 10. The van der Waals surface area contributed by atoms with Crippen molar-refractivity contribution in [2.75, 3.05) is 38.7 Å². The van der Waals surface area contributed by atoms with E-state index in [1.165, 1.54) is 31.0 Å². The summed E-state index contributed by atoms with van der Waals surface area (Å²) in [6.07, 6.45) is 0.267. The number of carbonyl (C=O) groups excluding carboxylic acids is 5. The van der Waals surface area contributed by atoms with E-state index in [0.717, 1.165) is 16.5 Å². The fraction of sp³-hybridized carbons (Fsp3) is 0.500. The van der Waals surface area contributed by atoms with E-state index < -0.39 is 59.3 Å². The normalized spacial score (nSPS) is 17.5. The van der Waals surface area contributed by atoms with Gasteiger partial charge in [0.2, 0.25) is 11.8 Å². The Morgan fingerprint density at radius 3 is 2.46 bits per heavy atom. The smallest absolute Gasteiger partial charge is 0.410 e. The van der Waals surface area contributed by atoms with E-state index in [1.807, 2.05) is 0 Å². The zero-order valence-corrected chi connectivity index (χ0v) is 28.0. The van der Waals surface area contributed by atoms with E-state index >= 15 is 0 Å². The molecule has 2 aromatic carbocycles. The Hall–Kier alpha value is -4.56. The van der Waals surface area contributed by atoms with Crippen molar-refractivity contribution in [3.63, 3.8) is 0 Å². The molecule has 5 amide bonds. The zero-order chi connectivity index (χ0) is 35.2. The fourth-order valence-corrected chi connectivity index (χ4v) is 5.68. The molecule has 2 aliphatic rings. The van der Waals surface area contributed by atoms with E-state index in [9.17, 15) is 28.4 Å². The van der Waals surface area contributed by atoms with Gasteiger partial charge in [0.25, 0.3) is 11.8 Å². The maximum absolute atomic E-state index is 14.9. The summed E-state index contributed by atoms with van der Waals surface area (Å²) in [6, 6.07) is 7.44. The van der Waals surface area contributed by atoms with Gasteiger partial charge in [0.1, 0.15) is 29.5 Å². The van der Waals surface area contributed by atoms with Gasteiger partial charge in [-0.3, -0.25) is 24.1 Å². The van der Waals surface area contributed by atoms with Gasteiger partial charge in [-0.05, 0) is 75.8 Å². The predicted molar refractivity (Wildman–Crippen MR) is 175 cm³/mol. The summed E-state index contributed by atoms with van der Waals surface area (Å²) < 4.78 is 25.9. The lowest BCUT2D eigenvalue weighted by Gasteiger charge is -2.36. The lowest BCUT2D eigenvalue weighted by molar-refractivity contribution is -0.144. The second-order valence-corrected chi connectivity index (χ2v) is 13.0. The number of amides is 5. The third-order valence-corrected chi connectivity index (χ3v) is 8.39. The molecule has 1 fully saturated rings. The van der Waals surface area contributed by atoms with Crippen LogP contribution in [0.25, 0.3) is 0 Å². The Balaban J connectivity index is 1.61. The number of nitrogens with two attached hydrogens (primary N) is 1. The second kappa shape index (κ2) is 15.6. The van der Waals surface area contributed by atoms with Crippen LogP contribution >= 0.6 is 0 Å². The number of likely N-dealkylation sites (N-methyl/N-ethyl adjacent to an activating group) is 1. The minimum Gasteiger partial charge on any atom is -0.444 e. The molecule has 2 aromatic rings. The molecule has 0 radical (unpaired) electrons. The Bertz CT molecular complexity index is 1520. The first-order chi connectivity index (χ1) is 22.7. The van der Waals surface area contributed by atoms with Crippen molar-refractivity contribution in [1.29, 1.82) is 0 Å². The van der Waals surface area contributed by atoms with Crippen molar-refractivity contribution in [3.8, 4) is 0 Å². The van der Waals surface area contributed by atoms with Crippen molar-refractivity contribution < 1.29 is 37.8 Å². The number of fused-ring (bicyclic) bond motifs is 1. The number of carbonyl (C=O) groups is 5. The van der Waals surface area contributed by atoms with Crippen LogP contribution in [0.5, 0.6) is 0 Å². The van der Waals surface area contributed by atoms with Gasteiger partial charge in [0, 0.05) is 45.5 Å². The van der Waals surface area contributed by atoms with Crippen LogP contribution in [-0.4, -0.2) is 90.6 Å². The van der Waals surface area contributed by atoms with Gasteiger partial charge in [-0.2, -0.15) is 0 Å². The van der Waals surface area contributed by atoms with Crippen molar-refractivity contribution in [2.24, 2.45) is 11.7 Å². The average Bonchev–Trinajstić information content (AvgIpc) is 3.45. The van der Waals surface area contributed by atoms with E-state index in [4.69, 9.17) is 15.2 Å². The highest BCUT2D eigenvalue weighted by molar-refractivity contribution is 6.02. The number of nitrogens with one attached hydrogen (secondary N) is 3. The number of nitrogens with zero attached hydrogens (tertiary/aromatic N) is 2. The third kappa shape index (κ3) is 8.66. The summed E-state index contributed by atoms with van der Waals surface area (Å²) in [4.78, 5) is 69.7. The summed E-state index contributed by atoms with van der Waals surface area (Å²) in [5.74, 6) is -3.34. The molecule has 3 atom stereocenters. The maximum atomic E-state index is 14.9. The quantitative estimate of drug-likeness (QED) is 0.299. The van der Waals surface area contributed by atoms with Crippen LogP contribution in [0.1, 0.15) is 68.1 Å². The largest absolute Gasteiger partial charge is 0.444 e. The van der Waals surface area contributed by atoms with Crippen LogP contribution in [0.15, 0.2) is 42.5 Å². The number of hydrogen-bond acceptors (Lipinski definition) is 8. The van der Waals surface area contributed by atoms with Gasteiger partial charge in [-0.1, -0.05) is 24.3 Å². The molecule has 2 aliphatic heterocycles. The first-order valence-corrected chi connectivity index (χ1v) is 16.0. The van der Waals surface area contributed by atoms with Crippen LogP contribution < -0.4 is 21.7 Å². The molecule has 0 aliphatic carbocycles. The number of hydrogen-bond donors (Lipinski definition) is 4. The molecule has 13 nitrogen and oxygen atoms in total. The molecule has 260 valence electrons. The minimum absolute atomic E-state index is 0.0695. The molecule has 0 bridgehead atoms. The monoisotopic (exact) mass is 668 g/mol. The van der Waals surface area contributed by atoms with Gasteiger partial charge in [-0.25, -0.2) is 9.18 Å². The van der Waals surface area contributed by atoms with Crippen molar-refractivity contribution >= 4 is 35.4 Å². The molecule has 0 spiro atoms. The Morgan fingerprint density at radius 2 is 1.79 bits per heavy atom. The fourth-order valence-electron chi connectivity index (χ4n) is 5.68. The van der Waals surface area contributed by atoms with Gasteiger partial charge in [0.15, 0.2) is 0 Å². The Morgan fingerprint density at radius 1 is 1.10 bits per heavy atom. The third-order valence-electron chi connectivity index (χ3n) is 8.39. The molecular formula is C34H45FN6O7. The summed E-state index contributed by atoms with van der Waals surface area (Å²) in [5.41, 5.74) is 5.85. The summed E-state index contributed by atoms with van der Waals surface area (Å²) >= 11 is 0. The minimum atomic E-state index is -1.16. The van der Waals surface area contributed by atoms with Gasteiger partial charge in [-0.15, -0.1) is 0 Å². The SMILES string of the molecule is C[C@@H](C(=O)NC(C(=O)N1Cc2ccccc2[C@H]1C(=O)Nc1cc(C(=O)NCCN)ccc1F)C1CCOCC1)N(C)C(=O)OC(C)(C)C. The summed E-state index contributed by atoms with van der Waals surface area (Å²) in [7, 11) is 1.44. The van der Waals surface area contributed by atoms with Crippen LogP contribution in [0.2, 0.25) is 0 Å². The van der Waals surface area contributed by atoms with E-state index in [-0.39, 0.29) is 36.8 Å². The standard InChI is InChI=1S/C34H45FN6O7/c1-20(40(5)33(46)48-34(2,3)4)29(42)39-27(21-12-16-47-17-13-21)32(45)41-19-23-8-6-7-9-24(23)28(41)31(44)38-26-18-22(10-11-25(26)35)30(43)37-15-14-36/h6-11,18,20-21,27-28H,12-17,19,36H2,1-5H3,(H,37,43)(H,38,44)(H,39,42)/t20-,27?,28-/m0/s1. The first kappa shape index (κ1) is 36.3. The Kier molecular flexibility index (Phi) is 11.8. The van der Waals surface area contributed by atoms with E-state index in [1.54, 1.807) is 45.0 Å². The molecule has 0 aromatic heterocycles. The highest BCUT2D eigenvalue weighted by atomic mass is 19.1. The topological polar surface area (TPSA) is 172 Å².